The van der Waals surface area contributed by atoms with Crippen LogP contribution < -0.4 is 16.4 Å². The van der Waals surface area contributed by atoms with Crippen LogP contribution in [0, 0.1) is 5.82 Å². The van der Waals surface area contributed by atoms with Crippen LogP contribution in [0.15, 0.2) is 103 Å². The lowest BCUT2D eigenvalue weighted by molar-refractivity contribution is -0.133. The Morgan fingerprint density at radius 2 is 1.84 bits per heavy atom. The average Bonchev–Trinajstić information content (AvgIpc) is 3.62. The van der Waals surface area contributed by atoms with Gasteiger partial charge in [0.25, 0.3) is 5.91 Å². The number of anilines is 2. The molecule has 0 radical (unpaired) electrons. The van der Waals surface area contributed by atoms with Crippen molar-refractivity contribution in [3.63, 3.8) is 0 Å². The predicted octanol–water partition coefficient (Wildman–Crippen LogP) is 6.41. The van der Waals surface area contributed by atoms with Gasteiger partial charge < -0.3 is 25.8 Å². The van der Waals surface area contributed by atoms with E-state index in [9.17, 15) is 14.4 Å². The van der Waals surface area contributed by atoms with Gasteiger partial charge in [0.2, 0.25) is 11.8 Å². The summed E-state index contributed by atoms with van der Waals surface area (Å²) in [4.78, 5) is 57.5. The standard InChI is InChI=1S/C49H53FN11O3/c1-31(28-59-18-12-32(13-19-59)40-6-5-36(24-42(40)50)56-44-8-10-46(62)57-48(44)63)23-37-29-61(22-17-52-37)49(64)35-3-7-43(54-27-35)33-14-20-60(21-15-33)30-38-25-41-39(11-16-53-47(41)58(38)2)34-4-9-45(51)55-26-34/h3-7,9,11,14,16,23-27,32,44,56H,1,8,10,12-13,15,17-22,28-30H2,2H3,(H2,51,53,55)(H,57,62,63)/q-1/b37-23-. The molecule has 64 heavy (non-hydrogen) atoms. The summed E-state index contributed by atoms with van der Waals surface area (Å²) in [6, 6.07) is 16.4. The van der Waals surface area contributed by atoms with Crippen molar-refractivity contribution < 1.29 is 18.8 Å². The number of aromatic nitrogens is 4. The second kappa shape index (κ2) is 18.6. The maximum Gasteiger partial charge on any atom is 0.255 e. The van der Waals surface area contributed by atoms with Crippen molar-refractivity contribution in [1.29, 1.82) is 0 Å². The van der Waals surface area contributed by atoms with Crippen molar-refractivity contribution in [2.45, 2.75) is 50.6 Å². The van der Waals surface area contributed by atoms with E-state index in [1.54, 1.807) is 12.4 Å². The van der Waals surface area contributed by atoms with E-state index in [0.717, 1.165) is 91.1 Å². The molecule has 1 atom stereocenters. The summed E-state index contributed by atoms with van der Waals surface area (Å²) < 4.78 is 17.4. The number of nitrogen functional groups attached to an aromatic ring is 1. The molecular weight excluding hydrogens is 810 g/mol. The molecule has 1 aromatic carbocycles. The second-order valence-corrected chi connectivity index (χ2v) is 17.2. The van der Waals surface area contributed by atoms with Gasteiger partial charge in [-0.15, -0.1) is 12.2 Å². The third-order valence-corrected chi connectivity index (χ3v) is 12.9. The number of fused-ring (bicyclic) bond motifs is 1. The highest BCUT2D eigenvalue weighted by molar-refractivity contribution is 6.01. The molecule has 0 bridgehead atoms. The van der Waals surface area contributed by atoms with E-state index in [1.165, 1.54) is 17.3 Å². The lowest BCUT2D eigenvalue weighted by Crippen LogP contribution is -2.47. The summed E-state index contributed by atoms with van der Waals surface area (Å²) in [5.41, 5.74) is 15.6. The van der Waals surface area contributed by atoms with Crippen molar-refractivity contribution in [1.82, 2.24) is 39.5 Å². The zero-order valence-electron chi connectivity index (χ0n) is 36.1. The Labute approximate surface area is 372 Å². The number of carbonyl (C=O) groups excluding carboxylic acids is 3. The highest BCUT2D eigenvalue weighted by atomic mass is 19.1. The number of piperazine rings is 1. The van der Waals surface area contributed by atoms with Gasteiger partial charge in [0.05, 0.1) is 11.3 Å². The molecule has 4 aliphatic heterocycles. The van der Waals surface area contributed by atoms with Gasteiger partial charge in [0.15, 0.2) is 0 Å². The minimum Gasteiger partial charge on any atom is -0.685 e. The number of pyridine rings is 3. The highest BCUT2D eigenvalue weighted by Gasteiger charge is 2.28. The number of nitrogens with one attached hydrogen (secondary N) is 2. The Kier molecular flexibility index (Phi) is 12.3. The topological polar surface area (TPSA) is 169 Å². The van der Waals surface area contributed by atoms with E-state index in [-0.39, 0.29) is 35.9 Å². The number of imide groups is 1. The SMILES string of the molecule is C=C(/C=C1/CN(C(=O)c2ccc(C3=CCN(Cc4cc5c(-c6ccc(N)nc6)ccnc5n4C)CC3)nc2)CC[N-]1)CN1CCC(c2ccc(NC3CCC(=O)NC3=O)cc2F)CC1. The fourth-order valence-corrected chi connectivity index (χ4v) is 9.30. The summed E-state index contributed by atoms with van der Waals surface area (Å²) in [7, 11) is 2.06. The van der Waals surface area contributed by atoms with Gasteiger partial charge in [-0.25, -0.2) is 14.4 Å². The fourth-order valence-electron chi connectivity index (χ4n) is 9.30. The van der Waals surface area contributed by atoms with Gasteiger partial charge in [-0.2, -0.15) is 0 Å². The number of hydrogen-bond donors (Lipinski definition) is 3. The highest BCUT2D eigenvalue weighted by Crippen LogP contribution is 2.33. The first kappa shape index (κ1) is 42.6. The normalized spacial score (nSPS) is 19.7. The zero-order chi connectivity index (χ0) is 44.3. The van der Waals surface area contributed by atoms with Gasteiger partial charge in [0, 0.05) is 93.7 Å². The average molecular weight is 863 g/mol. The molecule has 4 aromatic heterocycles. The lowest BCUT2D eigenvalue weighted by atomic mass is 9.88. The molecule has 5 aromatic rings. The van der Waals surface area contributed by atoms with Crippen molar-refractivity contribution in [2.75, 3.05) is 63.4 Å². The Balaban J connectivity index is 0.742. The van der Waals surface area contributed by atoms with Gasteiger partial charge >= 0.3 is 0 Å². The molecule has 3 saturated heterocycles. The van der Waals surface area contributed by atoms with Gasteiger partial charge in [0.1, 0.15) is 23.3 Å². The number of halogens is 1. The molecule has 0 spiro atoms. The first-order valence-electron chi connectivity index (χ1n) is 22.0. The molecule has 9 rings (SSSR count). The maximum absolute atomic E-state index is 15.3. The van der Waals surface area contributed by atoms with Crippen LogP contribution in [0.5, 0.6) is 0 Å². The largest absolute Gasteiger partial charge is 0.685 e. The summed E-state index contributed by atoms with van der Waals surface area (Å²) >= 11 is 0. The predicted molar refractivity (Wildman–Crippen MR) is 246 cm³/mol. The van der Waals surface area contributed by atoms with E-state index in [4.69, 9.17) is 16.0 Å². The van der Waals surface area contributed by atoms with Crippen molar-refractivity contribution >= 4 is 45.8 Å². The van der Waals surface area contributed by atoms with Crippen LogP contribution >= 0.6 is 0 Å². The first-order valence-corrected chi connectivity index (χ1v) is 22.0. The minimum absolute atomic E-state index is 0.0661. The Bertz CT molecular complexity index is 2650. The van der Waals surface area contributed by atoms with Gasteiger partial charge in [-0.1, -0.05) is 24.8 Å². The number of nitrogens with two attached hydrogens (primary N) is 1. The lowest BCUT2D eigenvalue weighted by Gasteiger charge is -2.39. The number of hydrogen-bond acceptors (Lipinski definition) is 10. The molecule has 4 aliphatic rings. The molecule has 0 saturated carbocycles. The first-order chi connectivity index (χ1) is 31.0. The molecule has 14 nitrogen and oxygen atoms in total. The summed E-state index contributed by atoms with van der Waals surface area (Å²) in [5, 5.41) is 11.2. The Morgan fingerprint density at radius 1 is 0.984 bits per heavy atom. The van der Waals surface area contributed by atoms with E-state index in [1.807, 2.05) is 59.6 Å². The third kappa shape index (κ3) is 9.45. The molecule has 3 fully saturated rings. The number of nitrogens with zero attached hydrogens (tertiary/aromatic N) is 8. The Hall–Kier alpha value is -6.71. The van der Waals surface area contributed by atoms with Gasteiger partial charge in [-0.3, -0.25) is 34.5 Å². The molecule has 8 heterocycles. The molecule has 15 heteroatoms. The number of benzene rings is 1. The van der Waals surface area contributed by atoms with Crippen LogP contribution in [0.2, 0.25) is 0 Å². The number of amides is 3. The van der Waals surface area contributed by atoms with Gasteiger partial charge in [-0.05, 0) is 115 Å². The number of likely N-dealkylation sites (tertiary alicyclic amines) is 1. The number of rotatable bonds is 11. The molecule has 4 N–H and O–H groups in total. The fraction of sp³-hybridized carbons (Fsp3) is 0.347. The summed E-state index contributed by atoms with van der Waals surface area (Å²) in [6.45, 7) is 10.5. The molecule has 1 unspecified atom stereocenters. The number of piperidine rings is 2. The van der Waals surface area contributed by atoms with E-state index in [2.05, 4.69) is 60.7 Å². The van der Waals surface area contributed by atoms with Crippen LogP contribution in [0.1, 0.15) is 65.3 Å². The molecule has 0 aliphatic carbocycles. The molecular formula is C49H53FN11O3-. The number of aryl methyl sites for hydroxylation is 1. The molecule has 3 amide bonds. The summed E-state index contributed by atoms with van der Waals surface area (Å²) in [6.07, 6.45) is 12.7. The van der Waals surface area contributed by atoms with Crippen molar-refractivity contribution in [2.24, 2.45) is 7.05 Å². The number of carbonyl (C=O) groups is 3. The maximum atomic E-state index is 15.3. The third-order valence-electron chi connectivity index (χ3n) is 12.9. The van der Waals surface area contributed by atoms with Crippen molar-refractivity contribution in [3.8, 4) is 11.1 Å². The van der Waals surface area contributed by atoms with Crippen LogP contribution in [0.25, 0.3) is 33.1 Å². The van der Waals surface area contributed by atoms with Crippen LogP contribution in [0.3, 0.4) is 0 Å². The monoisotopic (exact) mass is 862 g/mol. The van der Waals surface area contributed by atoms with E-state index >= 15 is 4.39 Å². The van der Waals surface area contributed by atoms with Crippen molar-refractivity contribution in [3.05, 3.63) is 137 Å². The Morgan fingerprint density at radius 3 is 2.58 bits per heavy atom. The summed E-state index contributed by atoms with van der Waals surface area (Å²) in [5.74, 6) is -0.439. The quantitative estimate of drug-likeness (QED) is 0.126. The van der Waals surface area contributed by atoms with Crippen LogP contribution in [-0.4, -0.2) is 110 Å². The van der Waals surface area contributed by atoms with E-state index in [0.29, 0.717) is 55.2 Å². The smallest absolute Gasteiger partial charge is 0.255 e. The van der Waals surface area contributed by atoms with E-state index < -0.39 is 6.04 Å². The molecule has 330 valence electrons. The van der Waals surface area contributed by atoms with Crippen LogP contribution in [-0.2, 0) is 23.2 Å². The second-order valence-electron chi connectivity index (χ2n) is 17.2. The zero-order valence-corrected chi connectivity index (χ0v) is 36.1. The minimum atomic E-state index is -0.558. The van der Waals surface area contributed by atoms with Crippen LogP contribution in [0.4, 0.5) is 15.9 Å².